The second-order valence-corrected chi connectivity index (χ2v) is 6.58. The standard InChI is InChI=1S/C14H20BrNO2S/c1-2-3-10-18-11-4-9-16-14(17)8-6-12-5-7-13(15)19-12/h5-8H,2-4,9-11H2,1H3,(H,16,17)/b8-6+. The molecule has 0 bridgehead atoms. The first-order chi connectivity index (χ1) is 9.22. The zero-order valence-corrected chi connectivity index (χ0v) is 13.6. The Morgan fingerprint density at radius 3 is 2.89 bits per heavy atom. The van der Waals surface area contributed by atoms with Crippen LogP contribution in [-0.4, -0.2) is 25.7 Å². The summed E-state index contributed by atoms with van der Waals surface area (Å²) in [6.45, 7) is 4.32. The number of hydrogen-bond donors (Lipinski definition) is 1. The Kier molecular flexibility index (Phi) is 8.79. The summed E-state index contributed by atoms with van der Waals surface area (Å²) in [7, 11) is 0. The molecule has 0 fully saturated rings. The van der Waals surface area contributed by atoms with Crippen LogP contribution in [0.2, 0.25) is 0 Å². The van der Waals surface area contributed by atoms with Gasteiger partial charge in [0.25, 0.3) is 0 Å². The van der Waals surface area contributed by atoms with E-state index in [4.69, 9.17) is 4.74 Å². The quantitative estimate of drug-likeness (QED) is 0.545. The van der Waals surface area contributed by atoms with E-state index in [1.165, 1.54) is 0 Å². The van der Waals surface area contributed by atoms with Crippen molar-refractivity contribution in [1.29, 1.82) is 0 Å². The van der Waals surface area contributed by atoms with Crippen LogP contribution >= 0.6 is 27.3 Å². The summed E-state index contributed by atoms with van der Waals surface area (Å²) in [6.07, 6.45) is 6.50. The molecule has 19 heavy (non-hydrogen) atoms. The van der Waals surface area contributed by atoms with Crippen LogP contribution in [0.1, 0.15) is 31.1 Å². The Labute approximate surface area is 127 Å². The van der Waals surface area contributed by atoms with Crippen molar-refractivity contribution in [2.75, 3.05) is 19.8 Å². The highest BCUT2D eigenvalue weighted by Crippen LogP contribution is 2.22. The van der Waals surface area contributed by atoms with Gasteiger partial charge in [0.1, 0.15) is 0 Å². The lowest BCUT2D eigenvalue weighted by atomic mass is 10.3. The molecule has 0 unspecified atom stereocenters. The maximum absolute atomic E-state index is 11.5. The number of rotatable bonds is 9. The number of amides is 1. The number of unbranched alkanes of at least 4 members (excludes halogenated alkanes) is 1. The maximum atomic E-state index is 11.5. The highest BCUT2D eigenvalue weighted by molar-refractivity contribution is 9.11. The van der Waals surface area contributed by atoms with Gasteiger partial charge < -0.3 is 10.1 Å². The van der Waals surface area contributed by atoms with Crippen LogP contribution in [0.3, 0.4) is 0 Å². The SMILES string of the molecule is CCCCOCCCNC(=O)/C=C/c1ccc(Br)s1. The molecular weight excluding hydrogens is 326 g/mol. The van der Waals surface area contributed by atoms with Crippen LogP contribution in [0.15, 0.2) is 22.0 Å². The minimum atomic E-state index is -0.0573. The van der Waals surface area contributed by atoms with Crippen LogP contribution in [0.5, 0.6) is 0 Å². The number of thiophene rings is 1. The lowest BCUT2D eigenvalue weighted by Gasteiger charge is -2.03. The molecule has 0 radical (unpaired) electrons. The molecule has 0 aromatic carbocycles. The molecule has 0 aliphatic heterocycles. The van der Waals surface area contributed by atoms with Gasteiger partial charge in [-0.15, -0.1) is 11.3 Å². The van der Waals surface area contributed by atoms with Crippen LogP contribution in [-0.2, 0) is 9.53 Å². The fourth-order valence-electron chi connectivity index (χ4n) is 1.37. The van der Waals surface area contributed by atoms with Gasteiger partial charge in [-0.2, -0.15) is 0 Å². The molecule has 3 nitrogen and oxygen atoms in total. The maximum Gasteiger partial charge on any atom is 0.244 e. The van der Waals surface area contributed by atoms with Crippen LogP contribution in [0, 0.1) is 0 Å². The zero-order chi connectivity index (χ0) is 13.9. The van der Waals surface area contributed by atoms with Gasteiger partial charge in [0.2, 0.25) is 5.91 Å². The second kappa shape index (κ2) is 10.2. The Bertz CT molecular complexity index is 404. The first kappa shape index (κ1) is 16.4. The fraction of sp³-hybridized carbons (Fsp3) is 0.500. The zero-order valence-electron chi connectivity index (χ0n) is 11.2. The predicted molar refractivity (Wildman–Crippen MR) is 84.4 cm³/mol. The first-order valence-corrected chi connectivity index (χ1v) is 8.12. The van der Waals surface area contributed by atoms with E-state index in [0.29, 0.717) is 13.2 Å². The topological polar surface area (TPSA) is 38.3 Å². The van der Waals surface area contributed by atoms with Crippen molar-refractivity contribution < 1.29 is 9.53 Å². The Morgan fingerprint density at radius 1 is 1.42 bits per heavy atom. The third-order valence-corrected chi connectivity index (χ3v) is 3.99. The average molecular weight is 346 g/mol. The van der Waals surface area contributed by atoms with Gasteiger partial charge in [0.15, 0.2) is 0 Å². The molecule has 0 aliphatic carbocycles. The monoisotopic (exact) mass is 345 g/mol. The summed E-state index contributed by atoms with van der Waals surface area (Å²) in [6, 6.07) is 3.94. The van der Waals surface area contributed by atoms with E-state index in [2.05, 4.69) is 28.2 Å². The minimum Gasteiger partial charge on any atom is -0.381 e. The number of nitrogens with one attached hydrogen (secondary N) is 1. The van der Waals surface area contributed by atoms with Crippen molar-refractivity contribution in [3.8, 4) is 0 Å². The van der Waals surface area contributed by atoms with E-state index in [0.717, 1.165) is 34.5 Å². The highest BCUT2D eigenvalue weighted by Gasteiger charge is 1.97. The van der Waals surface area contributed by atoms with Crippen molar-refractivity contribution in [3.63, 3.8) is 0 Å². The van der Waals surface area contributed by atoms with Crippen molar-refractivity contribution >= 4 is 39.2 Å². The molecule has 1 rings (SSSR count). The third kappa shape index (κ3) is 8.18. The van der Waals surface area contributed by atoms with Gasteiger partial charge in [0, 0.05) is 30.7 Å². The van der Waals surface area contributed by atoms with Crippen LogP contribution < -0.4 is 5.32 Å². The highest BCUT2D eigenvalue weighted by atomic mass is 79.9. The fourth-order valence-corrected chi connectivity index (χ4v) is 2.70. The summed E-state index contributed by atoms with van der Waals surface area (Å²) in [5.74, 6) is -0.0573. The number of hydrogen-bond acceptors (Lipinski definition) is 3. The molecule has 0 atom stereocenters. The van der Waals surface area contributed by atoms with E-state index in [1.807, 2.05) is 18.2 Å². The molecular formula is C14H20BrNO2S. The lowest BCUT2D eigenvalue weighted by molar-refractivity contribution is -0.116. The summed E-state index contributed by atoms with van der Waals surface area (Å²) in [5, 5.41) is 2.84. The number of ether oxygens (including phenoxy) is 1. The van der Waals surface area contributed by atoms with Crippen LogP contribution in [0.25, 0.3) is 6.08 Å². The molecule has 1 heterocycles. The van der Waals surface area contributed by atoms with Gasteiger partial charge >= 0.3 is 0 Å². The molecule has 0 saturated heterocycles. The molecule has 1 aromatic rings. The molecule has 0 saturated carbocycles. The number of halogens is 1. The number of carbonyl (C=O) groups is 1. The van der Waals surface area contributed by atoms with E-state index in [1.54, 1.807) is 17.4 Å². The number of carbonyl (C=O) groups excluding carboxylic acids is 1. The summed E-state index contributed by atoms with van der Waals surface area (Å²) >= 11 is 4.99. The molecule has 1 aromatic heterocycles. The van der Waals surface area contributed by atoms with Gasteiger partial charge in [-0.25, -0.2) is 0 Å². The van der Waals surface area contributed by atoms with E-state index in [9.17, 15) is 4.79 Å². The lowest BCUT2D eigenvalue weighted by Crippen LogP contribution is -2.23. The summed E-state index contributed by atoms with van der Waals surface area (Å²) in [4.78, 5) is 12.6. The molecule has 1 N–H and O–H groups in total. The van der Waals surface area contributed by atoms with Crippen molar-refractivity contribution in [1.82, 2.24) is 5.32 Å². The predicted octanol–water partition coefficient (Wildman–Crippen LogP) is 3.85. The van der Waals surface area contributed by atoms with Gasteiger partial charge in [-0.1, -0.05) is 13.3 Å². The molecule has 106 valence electrons. The molecule has 5 heteroatoms. The smallest absolute Gasteiger partial charge is 0.244 e. The molecule has 0 aliphatic rings. The minimum absolute atomic E-state index is 0.0573. The van der Waals surface area contributed by atoms with Crippen LogP contribution in [0.4, 0.5) is 0 Å². The Morgan fingerprint density at radius 2 is 2.21 bits per heavy atom. The molecule has 0 spiro atoms. The van der Waals surface area contributed by atoms with Gasteiger partial charge in [-0.3, -0.25) is 4.79 Å². The first-order valence-electron chi connectivity index (χ1n) is 6.51. The van der Waals surface area contributed by atoms with Crippen molar-refractivity contribution in [2.24, 2.45) is 0 Å². The van der Waals surface area contributed by atoms with E-state index in [-0.39, 0.29) is 5.91 Å². The Hall–Kier alpha value is -0.650. The molecule has 1 amide bonds. The average Bonchev–Trinajstić information content (AvgIpc) is 2.81. The van der Waals surface area contributed by atoms with E-state index >= 15 is 0 Å². The Balaban J connectivity index is 2.06. The van der Waals surface area contributed by atoms with Gasteiger partial charge in [0.05, 0.1) is 3.79 Å². The van der Waals surface area contributed by atoms with Crippen molar-refractivity contribution in [2.45, 2.75) is 26.2 Å². The van der Waals surface area contributed by atoms with E-state index < -0.39 is 0 Å². The third-order valence-electron chi connectivity index (χ3n) is 2.40. The largest absolute Gasteiger partial charge is 0.381 e. The summed E-state index contributed by atoms with van der Waals surface area (Å²) in [5.41, 5.74) is 0. The van der Waals surface area contributed by atoms with Gasteiger partial charge in [-0.05, 0) is 47.0 Å². The van der Waals surface area contributed by atoms with Crippen molar-refractivity contribution in [3.05, 3.63) is 26.9 Å². The second-order valence-electron chi connectivity index (χ2n) is 4.09. The summed E-state index contributed by atoms with van der Waals surface area (Å²) < 4.78 is 6.48. The normalized spacial score (nSPS) is 11.1.